The van der Waals surface area contributed by atoms with E-state index in [9.17, 15) is 17.6 Å². The molecule has 0 fully saturated rings. The van der Waals surface area contributed by atoms with Crippen molar-refractivity contribution >= 4 is 0 Å². The molecule has 1 aliphatic rings. The molecule has 0 N–H and O–H groups in total. The van der Waals surface area contributed by atoms with Gasteiger partial charge in [-0.15, -0.1) is 0 Å². The van der Waals surface area contributed by atoms with Crippen LogP contribution in [0.5, 0.6) is 23.0 Å². The van der Waals surface area contributed by atoms with Gasteiger partial charge in [0.2, 0.25) is 11.6 Å². The molecule has 0 radical (unpaired) electrons. The second kappa shape index (κ2) is 3.63. The zero-order chi connectivity index (χ0) is 12.9. The van der Waals surface area contributed by atoms with E-state index >= 15 is 0 Å². The standard InChI is InChI=1S/C12H4F4O2/c13-5-1-2-7-8(3-5)18-12-9(17-7)4-6(14)10(15)11(12)16/h1-4H. The van der Waals surface area contributed by atoms with Gasteiger partial charge in [-0.1, -0.05) is 0 Å². The molecule has 0 saturated carbocycles. The van der Waals surface area contributed by atoms with Crippen molar-refractivity contribution in [3.8, 4) is 23.0 Å². The summed E-state index contributed by atoms with van der Waals surface area (Å²) in [7, 11) is 0. The Balaban J connectivity index is 2.17. The van der Waals surface area contributed by atoms with E-state index in [1.807, 2.05) is 0 Å². The molecule has 0 saturated heterocycles. The molecular formula is C12H4F4O2. The van der Waals surface area contributed by atoms with Crippen LogP contribution in [0.15, 0.2) is 24.3 Å². The van der Waals surface area contributed by atoms with Gasteiger partial charge in [-0.05, 0) is 12.1 Å². The lowest BCUT2D eigenvalue weighted by molar-refractivity contribution is 0.322. The second-order valence-corrected chi connectivity index (χ2v) is 3.61. The molecule has 18 heavy (non-hydrogen) atoms. The van der Waals surface area contributed by atoms with Crippen LogP contribution in [0, 0.1) is 23.3 Å². The van der Waals surface area contributed by atoms with Gasteiger partial charge >= 0.3 is 0 Å². The predicted octanol–water partition coefficient (Wildman–Crippen LogP) is 4.14. The first-order chi connectivity index (χ1) is 8.56. The summed E-state index contributed by atoms with van der Waals surface area (Å²) in [5.41, 5.74) is 0. The van der Waals surface area contributed by atoms with Gasteiger partial charge in [0.25, 0.3) is 0 Å². The minimum absolute atomic E-state index is 0.0920. The molecule has 0 amide bonds. The van der Waals surface area contributed by atoms with Crippen LogP contribution in [0.25, 0.3) is 0 Å². The fourth-order valence-electron chi connectivity index (χ4n) is 1.60. The van der Waals surface area contributed by atoms with Crippen molar-refractivity contribution in [3.63, 3.8) is 0 Å². The molecule has 0 spiro atoms. The third kappa shape index (κ3) is 1.49. The van der Waals surface area contributed by atoms with Gasteiger partial charge in [-0.25, -0.2) is 13.2 Å². The number of halogens is 4. The van der Waals surface area contributed by atoms with E-state index in [1.54, 1.807) is 0 Å². The molecule has 2 aromatic rings. The first kappa shape index (κ1) is 10.9. The van der Waals surface area contributed by atoms with Crippen LogP contribution >= 0.6 is 0 Å². The predicted molar refractivity (Wildman–Crippen MR) is 52.9 cm³/mol. The van der Waals surface area contributed by atoms with Crippen molar-refractivity contribution in [3.05, 3.63) is 47.5 Å². The smallest absolute Gasteiger partial charge is 0.208 e. The number of rotatable bonds is 0. The molecule has 0 bridgehead atoms. The van der Waals surface area contributed by atoms with Crippen molar-refractivity contribution in [2.75, 3.05) is 0 Å². The Kier molecular flexibility index (Phi) is 2.19. The van der Waals surface area contributed by atoms with Gasteiger partial charge < -0.3 is 9.47 Å². The fourth-order valence-corrected chi connectivity index (χ4v) is 1.60. The third-order valence-corrected chi connectivity index (χ3v) is 2.42. The van der Waals surface area contributed by atoms with Crippen LogP contribution in [-0.4, -0.2) is 0 Å². The highest BCUT2D eigenvalue weighted by molar-refractivity contribution is 5.55. The van der Waals surface area contributed by atoms with E-state index in [4.69, 9.17) is 9.47 Å². The van der Waals surface area contributed by atoms with E-state index in [-0.39, 0.29) is 17.2 Å². The Morgan fingerprint density at radius 2 is 1.50 bits per heavy atom. The molecule has 92 valence electrons. The van der Waals surface area contributed by atoms with E-state index in [0.717, 1.165) is 12.1 Å². The van der Waals surface area contributed by atoms with Crippen LogP contribution < -0.4 is 9.47 Å². The normalized spacial score (nSPS) is 12.2. The van der Waals surface area contributed by atoms with Crippen LogP contribution in [-0.2, 0) is 0 Å². The minimum Gasteiger partial charge on any atom is -0.449 e. The Bertz CT molecular complexity index is 655. The molecule has 3 rings (SSSR count). The number of hydrogen-bond donors (Lipinski definition) is 0. The van der Waals surface area contributed by atoms with E-state index < -0.39 is 29.0 Å². The van der Waals surface area contributed by atoms with Gasteiger partial charge in [0.15, 0.2) is 28.9 Å². The maximum atomic E-state index is 13.4. The molecule has 0 unspecified atom stereocenters. The monoisotopic (exact) mass is 256 g/mol. The van der Waals surface area contributed by atoms with Crippen molar-refractivity contribution < 1.29 is 27.0 Å². The Morgan fingerprint density at radius 3 is 2.28 bits per heavy atom. The number of hydrogen-bond acceptors (Lipinski definition) is 2. The summed E-state index contributed by atoms with van der Waals surface area (Å²) in [5.74, 6) is -6.11. The average Bonchev–Trinajstić information content (AvgIpc) is 2.35. The zero-order valence-corrected chi connectivity index (χ0v) is 8.64. The highest BCUT2D eigenvalue weighted by Gasteiger charge is 2.27. The van der Waals surface area contributed by atoms with Crippen molar-refractivity contribution in [2.45, 2.75) is 0 Å². The maximum Gasteiger partial charge on any atom is 0.208 e. The van der Waals surface area contributed by atoms with Crippen molar-refractivity contribution in [2.24, 2.45) is 0 Å². The van der Waals surface area contributed by atoms with Crippen LogP contribution in [0.2, 0.25) is 0 Å². The quantitative estimate of drug-likeness (QED) is 0.444. The highest BCUT2D eigenvalue weighted by atomic mass is 19.2. The maximum absolute atomic E-state index is 13.4. The fraction of sp³-hybridized carbons (Fsp3) is 0. The minimum atomic E-state index is -1.67. The molecular weight excluding hydrogens is 252 g/mol. The summed E-state index contributed by atoms with van der Waals surface area (Å²) < 4.78 is 62.5. The summed E-state index contributed by atoms with van der Waals surface area (Å²) in [6, 6.07) is 3.97. The summed E-state index contributed by atoms with van der Waals surface area (Å²) in [6.45, 7) is 0. The van der Waals surface area contributed by atoms with E-state index in [2.05, 4.69) is 0 Å². The van der Waals surface area contributed by atoms with Gasteiger partial charge in [0.1, 0.15) is 5.82 Å². The lowest BCUT2D eigenvalue weighted by Gasteiger charge is -2.21. The second-order valence-electron chi connectivity index (χ2n) is 3.61. The topological polar surface area (TPSA) is 18.5 Å². The molecule has 0 aromatic heterocycles. The Morgan fingerprint density at radius 1 is 0.722 bits per heavy atom. The molecule has 1 heterocycles. The van der Waals surface area contributed by atoms with Gasteiger partial charge in [0, 0.05) is 12.1 Å². The summed E-state index contributed by atoms with van der Waals surface area (Å²) >= 11 is 0. The van der Waals surface area contributed by atoms with Crippen molar-refractivity contribution in [1.29, 1.82) is 0 Å². The number of fused-ring (bicyclic) bond motifs is 2. The summed E-state index contributed by atoms with van der Waals surface area (Å²) in [6.07, 6.45) is 0. The third-order valence-electron chi connectivity index (χ3n) is 2.42. The summed E-state index contributed by atoms with van der Waals surface area (Å²) in [5, 5.41) is 0. The van der Waals surface area contributed by atoms with Crippen LogP contribution in [0.1, 0.15) is 0 Å². The Hall–Kier alpha value is -2.24. The molecule has 6 heteroatoms. The first-order valence-electron chi connectivity index (χ1n) is 4.89. The van der Waals surface area contributed by atoms with E-state index in [0.29, 0.717) is 6.07 Å². The summed E-state index contributed by atoms with van der Waals surface area (Å²) in [4.78, 5) is 0. The Labute approximate surface area is 98.4 Å². The number of benzene rings is 2. The molecule has 0 atom stereocenters. The van der Waals surface area contributed by atoms with Crippen LogP contribution in [0.3, 0.4) is 0 Å². The SMILES string of the molecule is Fc1ccc2c(c1)Oc1c(cc(F)c(F)c1F)O2. The van der Waals surface area contributed by atoms with Gasteiger partial charge in [-0.3, -0.25) is 0 Å². The highest BCUT2D eigenvalue weighted by Crippen LogP contribution is 2.47. The zero-order valence-electron chi connectivity index (χ0n) is 8.64. The molecule has 1 aliphatic heterocycles. The van der Waals surface area contributed by atoms with Gasteiger partial charge in [0.05, 0.1) is 0 Å². The first-order valence-corrected chi connectivity index (χ1v) is 4.89. The lowest BCUT2D eigenvalue weighted by atomic mass is 10.2. The number of ether oxygens (including phenoxy) is 2. The van der Waals surface area contributed by atoms with Crippen molar-refractivity contribution in [1.82, 2.24) is 0 Å². The molecule has 2 aromatic carbocycles. The van der Waals surface area contributed by atoms with E-state index in [1.165, 1.54) is 6.07 Å². The lowest BCUT2D eigenvalue weighted by Crippen LogP contribution is -2.04. The molecule has 0 aliphatic carbocycles. The average molecular weight is 256 g/mol. The van der Waals surface area contributed by atoms with Gasteiger partial charge in [-0.2, -0.15) is 4.39 Å². The van der Waals surface area contributed by atoms with Crippen LogP contribution in [0.4, 0.5) is 17.6 Å². The largest absolute Gasteiger partial charge is 0.449 e. The molecule has 2 nitrogen and oxygen atoms in total.